The smallest absolute Gasteiger partial charge is 0.405 e. The van der Waals surface area contributed by atoms with Gasteiger partial charge in [-0.3, -0.25) is 0 Å². The zero-order valence-corrected chi connectivity index (χ0v) is 20.9. The number of ether oxygens (including phenoxy) is 1. The van der Waals surface area contributed by atoms with E-state index in [4.69, 9.17) is 16.3 Å². The van der Waals surface area contributed by atoms with E-state index in [1.165, 1.54) is 0 Å². The van der Waals surface area contributed by atoms with Crippen molar-refractivity contribution in [2.24, 2.45) is 4.99 Å². The number of nitrogens with zero attached hydrogens (tertiary/aromatic N) is 2. The molecule has 0 aliphatic carbocycles. The summed E-state index contributed by atoms with van der Waals surface area (Å²) in [7, 11) is 0. The molecule has 36 heavy (non-hydrogen) atoms. The van der Waals surface area contributed by atoms with E-state index in [0.717, 1.165) is 51.4 Å². The molecule has 0 saturated carbocycles. The van der Waals surface area contributed by atoms with Crippen molar-refractivity contribution >= 4 is 29.1 Å². The number of anilines is 1. The lowest BCUT2D eigenvalue weighted by Crippen LogP contribution is -2.28. The molecule has 0 bridgehead atoms. The maximum absolute atomic E-state index is 12.8. The molecule has 0 fully saturated rings. The summed E-state index contributed by atoms with van der Waals surface area (Å²) in [6.45, 7) is 7.67. The molecule has 2 heterocycles. The average molecular weight is 514 g/mol. The molecule has 2 aliphatic rings. The molecule has 188 valence electrons. The van der Waals surface area contributed by atoms with Gasteiger partial charge in [-0.25, -0.2) is 4.99 Å². The number of alkyl halides is 3. The van der Waals surface area contributed by atoms with Crippen LogP contribution in [-0.2, 0) is 6.42 Å². The van der Waals surface area contributed by atoms with Crippen molar-refractivity contribution in [2.45, 2.75) is 32.9 Å². The van der Waals surface area contributed by atoms with Crippen molar-refractivity contribution in [1.29, 1.82) is 0 Å². The fraction of sp³-hybridized carbons (Fsp3) is 0.250. The first-order valence-corrected chi connectivity index (χ1v) is 12.0. The number of rotatable bonds is 7. The van der Waals surface area contributed by atoms with Crippen LogP contribution in [-0.4, -0.2) is 25.5 Å². The van der Waals surface area contributed by atoms with E-state index >= 15 is 0 Å². The molecule has 0 unspecified atom stereocenters. The average Bonchev–Trinajstić information content (AvgIpc) is 3.30. The van der Waals surface area contributed by atoms with Crippen LogP contribution in [0.5, 0.6) is 5.75 Å². The summed E-state index contributed by atoms with van der Waals surface area (Å²) in [6.07, 6.45) is 2.16. The normalized spacial score (nSPS) is 16.4. The molecule has 0 amide bonds. The minimum Gasteiger partial charge on any atom is -0.493 e. The van der Waals surface area contributed by atoms with E-state index in [1.807, 2.05) is 61.3 Å². The quantitative estimate of drug-likeness (QED) is 0.391. The highest BCUT2D eigenvalue weighted by Gasteiger charge is 2.27. The van der Waals surface area contributed by atoms with Crippen LogP contribution in [0.3, 0.4) is 0 Å². The van der Waals surface area contributed by atoms with Gasteiger partial charge in [0.25, 0.3) is 0 Å². The number of aliphatic imine (C=N–C) groups is 1. The van der Waals surface area contributed by atoms with Gasteiger partial charge in [-0.05, 0) is 66.5 Å². The molecule has 4 nitrogen and oxygen atoms in total. The number of benzene rings is 2. The first-order chi connectivity index (χ1) is 17.2. The van der Waals surface area contributed by atoms with Crippen LogP contribution in [0.15, 0.2) is 89.0 Å². The lowest BCUT2D eigenvalue weighted by molar-refractivity contribution is -0.123. The zero-order valence-electron chi connectivity index (χ0n) is 20.1. The minimum atomic E-state index is -4.34. The van der Waals surface area contributed by atoms with Crippen LogP contribution in [0.1, 0.15) is 31.4 Å². The monoisotopic (exact) mass is 513 g/mol. The van der Waals surface area contributed by atoms with Gasteiger partial charge >= 0.3 is 6.18 Å². The Bertz CT molecular complexity index is 1270. The van der Waals surface area contributed by atoms with Crippen LogP contribution in [0.2, 0.25) is 5.02 Å². The first-order valence-electron chi connectivity index (χ1n) is 11.6. The highest BCUT2D eigenvalue weighted by molar-refractivity contribution is 6.30. The summed E-state index contributed by atoms with van der Waals surface area (Å²) < 4.78 is 43.9. The maximum atomic E-state index is 12.8. The highest BCUT2D eigenvalue weighted by Crippen LogP contribution is 2.40. The number of hydrogen-bond acceptors (Lipinski definition) is 4. The minimum absolute atomic E-state index is 0.169. The molecule has 2 aromatic carbocycles. The molecule has 2 aliphatic heterocycles. The Kier molecular flexibility index (Phi) is 7.59. The lowest BCUT2D eigenvalue weighted by Gasteiger charge is -2.32. The molecule has 4 rings (SSSR count). The fourth-order valence-corrected chi connectivity index (χ4v) is 4.30. The number of allylic oxidation sites excluding steroid dienone is 4. The summed E-state index contributed by atoms with van der Waals surface area (Å²) in [5.41, 5.74) is 6.27. The van der Waals surface area contributed by atoms with E-state index in [-0.39, 0.29) is 5.82 Å². The van der Waals surface area contributed by atoms with Gasteiger partial charge in [-0.2, -0.15) is 13.2 Å². The molecule has 0 saturated heterocycles. The predicted molar refractivity (Wildman–Crippen MR) is 140 cm³/mol. The van der Waals surface area contributed by atoms with Crippen LogP contribution >= 0.6 is 11.6 Å². The summed E-state index contributed by atoms with van der Waals surface area (Å²) in [4.78, 5) is 6.34. The van der Waals surface area contributed by atoms with Gasteiger partial charge in [0, 0.05) is 46.4 Å². The lowest BCUT2D eigenvalue weighted by atomic mass is 9.90. The Morgan fingerprint density at radius 1 is 1.22 bits per heavy atom. The molecule has 2 aromatic rings. The van der Waals surface area contributed by atoms with Crippen LogP contribution < -0.4 is 15.0 Å². The molecule has 8 heteroatoms. The summed E-state index contributed by atoms with van der Waals surface area (Å²) in [6, 6.07) is 13.5. The summed E-state index contributed by atoms with van der Waals surface area (Å²) in [5, 5.41) is 3.00. The van der Waals surface area contributed by atoms with Gasteiger partial charge in [0.05, 0.1) is 6.61 Å². The van der Waals surface area contributed by atoms with E-state index in [0.29, 0.717) is 18.1 Å². The number of nitrogens with one attached hydrogen (secondary N) is 1. The van der Waals surface area contributed by atoms with Crippen molar-refractivity contribution < 1.29 is 17.9 Å². The number of halogens is 4. The van der Waals surface area contributed by atoms with Gasteiger partial charge in [-0.15, -0.1) is 0 Å². The summed E-state index contributed by atoms with van der Waals surface area (Å²) in [5.74, 6) is 1.05. The van der Waals surface area contributed by atoms with Crippen LogP contribution in [0.4, 0.5) is 18.9 Å². The van der Waals surface area contributed by atoms with Crippen molar-refractivity contribution in [3.8, 4) is 5.75 Å². The van der Waals surface area contributed by atoms with Crippen LogP contribution in [0, 0.1) is 0 Å². The van der Waals surface area contributed by atoms with Crippen molar-refractivity contribution in [3.63, 3.8) is 0 Å². The highest BCUT2D eigenvalue weighted by atomic mass is 35.5. The van der Waals surface area contributed by atoms with Crippen LogP contribution in [0.25, 0.3) is 5.57 Å². The van der Waals surface area contributed by atoms with Gasteiger partial charge < -0.3 is 15.0 Å². The molecule has 0 atom stereocenters. The SMILES string of the molecule is C=C1C(c2ccc(Cl)cc2)=C(C)C(/C=N\C(=C\CC)NCC(F)(F)F)=CN1c1ccc2c(c1)CCO2. The fourth-order valence-electron chi connectivity index (χ4n) is 4.17. The molecular formula is C28H27ClF3N3O. The zero-order chi connectivity index (χ0) is 25.9. The Morgan fingerprint density at radius 2 is 1.97 bits per heavy atom. The second-order valence-corrected chi connectivity index (χ2v) is 8.96. The van der Waals surface area contributed by atoms with Crippen molar-refractivity contribution in [3.05, 3.63) is 100 Å². The van der Waals surface area contributed by atoms with Gasteiger partial charge in [0.2, 0.25) is 0 Å². The molecular weight excluding hydrogens is 487 g/mol. The Hall–Kier alpha value is -3.45. The largest absolute Gasteiger partial charge is 0.493 e. The molecule has 1 N–H and O–H groups in total. The van der Waals surface area contributed by atoms with Crippen molar-refractivity contribution in [1.82, 2.24) is 5.32 Å². The topological polar surface area (TPSA) is 36.9 Å². The summed E-state index contributed by atoms with van der Waals surface area (Å²) >= 11 is 6.12. The Balaban J connectivity index is 1.75. The third-order valence-electron chi connectivity index (χ3n) is 5.95. The number of hydrogen-bond donors (Lipinski definition) is 1. The van der Waals surface area contributed by atoms with E-state index in [2.05, 4.69) is 23.0 Å². The second kappa shape index (κ2) is 10.7. The third-order valence-corrected chi connectivity index (χ3v) is 6.20. The molecule has 0 radical (unpaired) electrons. The van der Waals surface area contributed by atoms with E-state index in [1.54, 1.807) is 12.3 Å². The maximum Gasteiger partial charge on any atom is 0.405 e. The Labute approximate surface area is 214 Å². The Morgan fingerprint density at radius 3 is 2.67 bits per heavy atom. The first kappa shape index (κ1) is 25.6. The molecule has 0 aromatic heterocycles. The van der Waals surface area contributed by atoms with Gasteiger partial charge in [0.15, 0.2) is 0 Å². The van der Waals surface area contributed by atoms with Gasteiger partial charge in [0.1, 0.15) is 18.1 Å². The molecule has 0 spiro atoms. The van der Waals surface area contributed by atoms with Crippen molar-refractivity contribution in [2.75, 3.05) is 18.1 Å². The predicted octanol–water partition coefficient (Wildman–Crippen LogP) is 7.44. The van der Waals surface area contributed by atoms with E-state index < -0.39 is 12.7 Å². The standard InChI is InChI=1S/C28H27ClF3N3O/c1-4-5-26(34-17-28(30,31)32)33-15-22-16-35(24-10-11-25-21(14-24)12-13-36-25)19(3)27(18(22)2)20-6-8-23(29)9-7-20/h5-11,14-16,34H,3-4,12-13,17H2,1-2H3/b26-5-,33-15-. The van der Waals surface area contributed by atoms with E-state index in [9.17, 15) is 13.2 Å². The number of fused-ring (bicyclic) bond motifs is 1. The van der Waals surface area contributed by atoms with Gasteiger partial charge in [-0.1, -0.05) is 37.2 Å². The third kappa shape index (κ3) is 5.85. The second-order valence-electron chi connectivity index (χ2n) is 8.52.